The van der Waals surface area contributed by atoms with E-state index in [1.165, 1.54) is 0 Å². The first-order chi connectivity index (χ1) is 6.31. The van der Waals surface area contributed by atoms with Crippen molar-refractivity contribution in [3.05, 3.63) is 12.2 Å². The second-order valence-corrected chi connectivity index (χ2v) is 4.00. The van der Waals surface area contributed by atoms with Gasteiger partial charge >= 0.3 is 0 Å². The van der Waals surface area contributed by atoms with E-state index in [0.29, 0.717) is 5.57 Å². The van der Waals surface area contributed by atoms with Gasteiger partial charge in [-0.2, -0.15) is 0 Å². The minimum absolute atomic E-state index is 0.179. The minimum Gasteiger partial charge on any atom is -0.336 e. The summed E-state index contributed by atoms with van der Waals surface area (Å²) in [5.74, 6) is -0.179. The molecule has 4 heteroatoms. The predicted octanol–water partition coefficient (Wildman–Crippen LogP) is 1.83. The summed E-state index contributed by atoms with van der Waals surface area (Å²) in [5.41, 5.74) is 0.211. The summed E-state index contributed by atoms with van der Waals surface area (Å²) >= 11 is 5.63. The first-order valence-corrected chi connectivity index (χ1v) is 4.96. The fourth-order valence-electron chi connectivity index (χ4n) is 0.368. The van der Waals surface area contributed by atoms with Gasteiger partial charge in [-0.1, -0.05) is 25.1 Å². The maximum absolute atomic E-state index is 10.8. The number of nitrogens with zero attached hydrogens (tertiary/aromatic N) is 1. The van der Waals surface area contributed by atoms with E-state index in [9.17, 15) is 4.79 Å². The number of carbonyl (C=O) groups is 1. The van der Waals surface area contributed by atoms with Crippen molar-refractivity contribution in [1.29, 1.82) is 0 Å². The van der Waals surface area contributed by atoms with Crippen LogP contribution in [0.25, 0.3) is 0 Å². The second kappa shape index (κ2) is 9.03. The van der Waals surface area contributed by atoms with Crippen molar-refractivity contribution in [1.82, 2.24) is 10.2 Å². The van der Waals surface area contributed by atoms with Crippen LogP contribution < -0.4 is 5.32 Å². The zero-order valence-corrected chi connectivity index (χ0v) is 10.5. The van der Waals surface area contributed by atoms with Crippen LogP contribution in [0.15, 0.2) is 12.2 Å². The molecule has 1 amide bonds. The van der Waals surface area contributed by atoms with E-state index in [2.05, 4.69) is 11.9 Å². The normalized spacial score (nSPS) is 11.4. The van der Waals surface area contributed by atoms with Crippen LogP contribution >= 0.6 is 11.6 Å². The van der Waals surface area contributed by atoms with E-state index in [0.717, 1.165) is 6.42 Å². The van der Waals surface area contributed by atoms with Gasteiger partial charge in [0.25, 0.3) is 0 Å². The summed E-state index contributed by atoms with van der Waals surface area (Å²) in [7, 11) is 6.00. The molecule has 0 saturated carbocycles. The Labute approximate surface area is 92.1 Å². The summed E-state index contributed by atoms with van der Waals surface area (Å²) in [6.45, 7) is 7.02. The molecular formula is C10H21ClN2O. The quantitative estimate of drug-likeness (QED) is 0.447. The number of hydrogen-bond acceptors (Lipinski definition) is 2. The Balaban J connectivity index is 0. The maximum atomic E-state index is 10.8. The molecule has 0 rings (SSSR count). The first kappa shape index (κ1) is 15.9. The average Bonchev–Trinajstić information content (AvgIpc) is 2.02. The molecule has 14 heavy (non-hydrogen) atoms. The van der Waals surface area contributed by atoms with E-state index in [-0.39, 0.29) is 11.4 Å². The van der Waals surface area contributed by atoms with Crippen LogP contribution in [-0.4, -0.2) is 37.5 Å². The topological polar surface area (TPSA) is 32.3 Å². The molecule has 0 aliphatic carbocycles. The van der Waals surface area contributed by atoms with Crippen molar-refractivity contribution in [3.8, 4) is 0 Å². The number of halogens is 1. The predicted molar refractivity (Wildman–Crippen MR) is 62.5 cm³/mol. The highest BCUT2D eigenvalue weighted by Crippen LogP contribution is 1.97. The molecule has 0 radical (unpaired) electrons. The highest BCUT2D eigenvalue weighted by molar-refractivity contribution is 6.21. The largest absolute Gasteiger partial charge is 0.336 e. The molecule has 0 heterocycles. The van der Waals surface area contributed by atoms with Crippen molar-refractivity contribution < 1.29 is 4.79 Å². The number of alkyl halides is 1. The van der Waals surface area contributed by atoms with Gasteiger partial charge in [0.1, 0.15) is 5.50 Å². The molecule has 0 aromatic carbocycles. The van der Waals surface area contributed by atoms with Gasteiger partial charge in [0.05, 0.1) is 0 Å². The molecule has 0 aliphatic heterocycles. The van der Waals surface area contributed by atoms with Crippen LogP contribution in [0.1, 0.15) is 20.3 Å². The molecule has 1 unspecified atom stereocenters. The van der Waals surface area contributed by atoms with E-state index in [4.69, 9.17) is 11.6 Å². The van der Waals surface area contributed by atoms with Gasteiger partial charge in [-0.25, -0.2) is 0 Å². The number of rotatable bonds is 3. The van der Waals surface area contributed by atoms with Gasteiger partial charge in [0, 0.05) is 5.57 Å². The molecule has 3 nitrogen and oxygen atoms in total. The van der Waals surface area contributed by atoms with Gasteiger partial charge in [-0.3, -0.25) is 4.79 Å². The van der Waals surface area contributed by atoms with Gasteiger partial charge in [-0.05, 0) is 34.5 Å². The lowest BCUT2D eigenvalue weighted by molar-refractivity contribution is -0.117. The van der Waals surface area contributed by atoms with Crippen molar-refractivity contribution in [2.75, 3.05) is 21.1 Å². The molecule has 0 spiro atoms. The van der Waals surface area contributed by atoms with Gasteiger partial charge in [0.15, 0.2) is 0 Å². The third kappa shape index (κ3) is 14.0. The lowest BCUT2D eigenvalue weighted by Gasteiger charge is -2.07. The minimum atomic E-state index is -0.274. The summed E-state index contributed by atoms with van der Waals surface area (Å²) in [5, 5.41) is 2.56. The lowest BCUT2D eigenvalue weighted by Crippen LogP contribution is -2.30. The molecule has 0 aromatic heterocycles. The summed E-state index contributed by atoms with van der Waals surface area (Å²) in [6.07, 6.45) is 0.723. The van der Waals surface area contributed by atoms with E-state index >= 15 is 0 Å². The molecule has 0 saturated heterocycles. The zero-order chi connectivity index (χ0) is 11.7. The van der Waals surface area contributed by atoms with Crippen molar-refractivity contribution in [2.45, 2.75) is 25.8 Å². The van der Waals surface area contributed by atoms with E-state index in [1.807, 2.05) is 33.0 Å². The zero-order valence-electron chi connectivity index (χ0n) is 9.72. The van der Waals surface area contributed by atoms with E-state index < -0.39 is 0 Å². The second-order valence-electron chi connectivity index (χ2n) is 3.47. The summed E-state index contributed by atoms with van der Waals surface area (Å²) < 4.78 is 0. The number of hydrogen-bond donors (Lipinski definition) is 1. The Bertz CT molecular complexity index is 178. The lowest BCUT2D eigenvalue weighted by atomic mass is 10.3. The fraction of sp³-hybridized carbons (Fsp3) is 0.700. The number of amides is 1. The first-order valence-electron chi connectivity index (χ1n) is 4.52. The fourth-order valence-corrected chi connectivity index (χ4v) is 0.467. The van der Waals surface area contributed by atoms with Crippen LogP contribution in [0, 0.1) is 0 Å². The molecular weight excluding hydrogens is 200 g/mol. The molecule has 0 aromatic rings. The Morgan fingerprint density at radius 1 is 1.50 bits per heavy atom. The number of carbonyl (C=O) groups excluding carboxylic acids is 1. The summed E-state index contributed by atoms with van der Waals surface area (Å²) in [4.78, 5) is 12.8. The van der Waals surface area contributed by atoms with Crippen LogP contribution in [0.3, 0.4) is 0 Å². The Morgan fingerprint density at radius 2 is 1.86 bits per heavy atom. The monoisotopic (exact) mass is 220 g/mol. The van der Waals surface area contributed by atoms with Crippen molar-refractivity contribution >= 4 is 17.5 Å². The van der Waals surface area contributed by atoms with Gasteiger partial charge in [-0.15, -0.1) is 0 Å². The van der Waals surface area contributed by atoms with E-state index in [1.54, 1.807) is 6.92 Å². The molecule has 0 bridgehead atoms. The van der Waals surface area contributed by atoms with Gasteiger partial charge in [0.2, 0.25) is 5.91 Å². The highest BCUT2D eigenvalue weighted by Gasteiger charge is 2.05. The summed E-state index contributed by atoms with van der Waals surface area (Å²) in [6, 6.07) is 0. The maximum Gasteiger partial charge on any atom is 0.247 e. The average molecular weight is 221 g/mol. The molecule has 0 fully saturated rings. The standard InChI is InChI=1S/C7H12ClNO.C3H9N/c1-4-6(8)9-7(10)5(2)3;1-4(2)3/h6H,2,4H2,1,3H3,(H,9,10);1-3H3. The molecule has 1 atom stereocenters. The smallest absolute Gasteiger partial charge is 0.247 e. The van der Waals surface area contributed by atoms with Crippen LogP contribution in [-0.2, 0) is 4.79 Å². The third-order valence-electron chi connectivity index (χ3n) is 1.03. The van der Waals surface area contributed by atoms with Crippen LogP contribution in [0.2, 0.25) is 0 Å². The third-order valence-corrected chi connectivity index (χ3v) is 1.45. The number of nitrogens with one attached hydrogen (secondary N) is 1. The van der Waals surface area contributed by atoms with Crippen molar-refractivity contribution in [3.63, 3.8) is 0 Å². The van der Waals surface area contributed by atoms with Gasteiger partial charge < -0.3 is 10.2 Å². The Morgan fingerprint density at radius 3 is 2.07 bits per heavy atom. The SMILES string of the molecule is C=C(C)C(=O)NC(Cl)CC.CN(C)C. The highest BCUT2D eigenvalue weighted by atomic mass is 35.5. The van der Waals surface area contributed by atoms with Crippen LogP contribution in [0.4, 0.5) is 0 Å². The molecule has 1 N–H and O–H groups in total. The Kier molecular flexibility index (Phi) is 10.3. The Hall–Kier alpha value is -0.540. The molecule has 84 valence electrons. The van der Waals surface area contributed by atoms with Crippen molar-refractivity contribution in [2.24, 2.45) is 0 Å². The van der Waals surface area contributed by atoms with Crippen LogP contribution in [0.5, 0.6) is 0 Å². The molecule has 0 aliphatic rings.